The minimum atomic E-state index is -0.209. The lowest BCUT2D eigenvalue weighted by Gasteiger charge is -2.37. The summed E-state index contributed by atoms with van der Waals surface area (Å²) < 4.78 is 10.0. The minimum Gasteiger partial charge on any atom is -0.375 e. The number of ether oxygens (including phenoxy) is 2. The SMILES string of the molecule is O=C1COC1C1CCO1. The summed E-state index contributed by atoms with van der Waals surface area (Å²) in [6.07, 6.45) is 0.862. The molecule has 2 aliphatic rings. The second kappa shape index (κ2) is 1.78. The fraction of sp³-hybridized carbons (Fsp3) is 0.833. The minimum absolute atomic E-state index is 0.0891. The summed E-state index contributed by atoms with van der Waals surface area (Å²) in [5.74, 6) is 0.194. The van der Waals surface area contributed by atoms with E-state index in [1.165, 1.54) is 0 Å². The zero-order valence-corrected chi connectivity index (χ0v) is 5.00. The van der Waals surface area contributed by atoms with E-state index in [0.717, 1.165) is 13.0 Å². The number of hydrogen-bond acceptors (Lipinski definition) is 3. The second-order valence-electron chi connectivity index (χ2n) is 2.40. The molecule has 0 bridgehead atoms. The lowest BCUT2D eigenvalue weighted by Crippen LogP contribution is -2.53. The molecule has 2 rings (SSSR count). The maximum absolute atomic E-state index is 10.7. The highest BCUT2D eigenvalue weighted by molar-refractivity contribution is 5.89. The lowest BCUT2D eigenvalue weighted by atomic mass is 10.00. The molecule has 2 unspecified atom stereocenters. The largest absolute Gasteiger partial charge is 0.375 e. The number of ketones is 1. The molecule has 2 atom stereocenters. The van der Waals surface area contributed by atoms with Crippen molar-refractivity contribution in [2.24, 2.45) is 0 Å². The van der Waals surface area contributed by atoms with Gasteiger partial charge in [0.2, 0.25) is 0 Å². The van der Waals surface area contributed by atoms with Crippen molar-refractivity contribution in [3.63, 3.8) is 0 Å². The number of Topliss-reactive ketones (excluding diaryl/α,β-unsaturated/α-hetero) is 1. The predicted molar refractivity (Wildman–Crippen MR) is 29.1 cm³/mol. The van der Waals surface area contributed by atoms with E-state index in [0.29, 0.717) is 6.61 Å². The van der Waals surface area contributed by atoms with Gasteiger partial charge in [0, 0.05) is 6.61 Å². The summed E-state index contributed by atoms with van der Waals surface area (Å²) in [6, 6.07) is 0. The molecule has 0 saturated carbocycles. The van der Waals surface area contributed by atoms with Gasteiger partial charge in [0.05, 0.1) is 6.10 Å². The van der Waals surface area contributed by atoms with E-state index in [4.69, 9.17) is 9.47 Å². The van der Waals surface area contributed by atoms with Crippen LogP contribution >= 0.6 is 0 Å². The third kappa shape index (κ3) is 0.686. The maximum Gasteiger partial charge on any atom is 0.189 e. The zero-order chi connectivity index (χ0) is 6.27. The molecule has 2 fully saturated rings. The standard InChI is InChI=1S/C6H8O3/c7-4-3-9-6(4)5-1-2-8-5/h5-6H,1-3H2. The molecule has 50 valence electrons. The van der Waals surface area contributed by atoms with Crippen molar-refractivity contribution in [1.29, 1.82) is 0 Å². The number of rotatable bonds is 1. The smallest absolute Gasteiger partial charge is 0.189 e. The van der Waals surface area contributed by atoms with Gasteiger partial charge in [-0.25, -0.2) is 0 Å². The van der Waals surface area contributed by atoms with Crippen LogP contribution in [0.15, 0.2) is 0 Å². The van der Waals surface area contributed by atoms with Gasteiger partial charge in [-0.05, 0) is 6.42 Å². The van der Waals surface area contributed by atoms with Gasteiger partial charge < -0.3 is 9.47 Å². The molecule has 2 heterocycles. The van der Waals surface area contributed by atoms with Crippen LogP contribution in [0, 0.1) is 0 Å². The van der Waals surface area contributed by atoms with Gasteiger partial charge in [0.25, 0.3) is 0 Å². The Balaban J connectivity index is 1.90. The first kappa shape index (κ1) is 5.38. The molecule has 0 aromatic heterocycles. The van der Waals surface area contributed by atoms with E-state index in [2.05, 4.69) is 0 Å². The van der Waals surface area contributed by atoms with Crippen molar-refractivity contribution in [3.05, 3.63) is 0 Å². The summed E-state index contributed by atoms with van der Waals surface area (Å²) in [4.78, 5) is 10.7. The van der Waals surface area contributed by atoms with Gasteiger partial charge in [0.15, 0.2) is 5.78 Å². The van der Waals surface area contributed by atoms with Gasteiger partial charge in [-0.15, -0.1) is 0 Å². The van der Waals surface area contributed by atoms with Crippen LogP contribution < -0.4 is 0 Å². The predicted octanol–water partition coefficient (Wildman–Crippen LogP) is -0.257. The molecule has 3 heteroatoms. The monoisotopic (exact) mass is 128 g/mol. The third-order valence-electron chi connectivity index (χ3n) is 1.79. The highest BCUT2D eigenvalue weighted by Crippen LogP contribution is 2.22. The Morgan fingerprint density at radius 1 is 1.44 bits per heavy atom. The Morgan fingerprint density at radius 3 is 2.33 bits per heavy atom. The molecule has 0 radical (unpaired) electrons. The van der Waals surface area contributed by atoms with Crippen molar-refractivity contribution in [3.8, 4) is 0 Å². The van der Waals surface area contributed by atoms with Crippen LogP contribution in [0.4, 0.5) is 0 Å². The zero-order valence-electron chi connectivity index (χ0n) is 5.00. The quantitative estimate of drug-likeness (QED) is 0.488. The molecule has 2 saturated heterocycles. The Morgan fingerprint density at radius 2 is 2.22 bits per heavy atom. The highest BCUT2D eigenvalue weighted by Gasteiger charge is 2.40. The van der Waals surface area contributed by atoms with Crippen molar-refractivity contribution in [1.82, 2.24) is 0 Å². The number of carbonyl (C=O) groups excluding carboxylic acids is 1. The van der Waals surface area contributed by atoms with Crippen LogP contribution in [-0.2, 0) is 14.3 Å². The normalized spacial score (nSPS) is 41.6. The first-order valence-electron chi connectivity index (χ1n) is 3.14. The van der Waals surface area contributed by atoms with Crippen molar-refractivity contribution >= 4 is 5.78 Å². The van der Waals surface area contributed by atoms with E-state index < -0.39 is 0 Å². The molecule has 2 aliphatic heterocycles. The molecular weight excluding hydrogens is 120 g/mol. The fourth-order valence-corrected chi connectivity index (χ4v) is 1.05. The summed E-state index contributed by atoms with van der Waals surface area (Å²) >= 11 is 0. The summed E-state index contributed by atoms with van der Waals surface area (Å²) in [5.41, 5.74) is 0. The van der Waals surface area contributed by atoms with Gasteiger partial charge in [-0.3, -0.25) is 4.79 Å². The number of carbonyl (C=O) groups is 1. The molecule has 0 N–H and O–H groups in total. The topological polar surface area (TPSA) is 35.5 Å². The lowest BCUT2D eigenvalue weighted by molar-refractivity contribution is -0.190. The van der Waals surface area contributed by atoms with Crippen molar-refractivity contribution in [2.75, 3.05) is 13.2 Å². The van der Waals surface area contributed by atoms with Gasteiger partial charge >= 0.3 is 0 Å². The maximum atomic E-state index is 10.7. The van der Waals surface area contributed by atoms with Crippen LogP contribution in [0.2, 0.25) is 0 Å². The van der Waals surface area contributed by atoms with E-state index in [1.54, 1.807) is 0 Å². The summed E-state index contributed by atoms with van der Waals surface area (Å²) in [5, 5.41) is 0. The molecule has 0 spiro atoms. The average molecular weight is 128 g/mol. The van der Waals surface area contributed by atoms with E-state index in [9.17, 15) is 4.79 Å². The Labute approximate surface area is 52.9 Å². The van der Waals surface area contributed by atoms with Crippen LogP contribution in [0.1, 0.15) is 6.42 Å². The molecule has 0 aromatic carbocycles. The van der Waals surface area contributed by atoms with Crippen LogP contribution in [0.3, 0.4) is 0 Å². The Bertz CT molecular complexity index is 139. The van der Waals surface area contributed by atoms with Crippen molar-refractivity contribution < 1.29 is 14.3 Å². The van der Waals surface area contributed by atoms with Gasteiger partial charge in [-0.1, -0.05) is 0 Å². The van der Waals surface area contributed by atoms with Gasteiger partial charge in [0.1, 0.15) is 12.7 Å². The van der Waals surface area contributed by atoms with E-state index in [-0.39, 0.29) is 18.0 Å². The molecule has 0 aliphatic carbocycles. The Kier molecular flexibility index (Phi) is 1.07. The van der Waals surface area contributed by atoms with Gasteiger partial charge in [-0.2, -0.15) is 0 Å². The van der Waals surface area contributed by atoms with Crippen molar-refractivity contribution in [2.45, 2.75) is 18.6 Å². The van der Waals surface area contributed by atoms with Crippen LogP contribution in [0.25, 0.3) is 0 Å². The Hall–Kier alpha value is -0.410. The third-order valence-corrected chi connectivity index (χ3v) is 1.79. The molecule has 0 amide bonds. The molecule has 0 aromatic rings. The van der Waals surface area contributed by atoms with Crippen LogP contribution in [0.5, 0.6) is 0 Å². The van der Waals surface area contributed by atoms with Crippen LogP contribution in [-0.4, -0.2) is 31.2 Å². The van der Waals surface area contributed by atoms with E-state index >= 15 is 0 Å². The summed E-state index contributed by atoms with van der Waals surface area (Å²) in [7, 11) is 0. The average Bonchev–Trinajstić information content (AvgIpc) is 1.74. The first-order valence-corrected chi connectivity index (χ1v) is 3.14. The first-order chi connectivity index (χ1) is 4.38. The van der Waals surface area contributed by atoms with E-state index in [1.807, 2.05) is 0 Å². The fourth-order valence-electron chi connectivity index (χ4n) is 1.05. The molecular formula is C6H8O3. The molecule has 3 nitrogen and oxygen atoms in total. The summed E-state index contributed by atoms with van der Waals surface area (Å²) in [6.45, 7) is 1.09. The highest BCUT2D eigenvalue weighted by atomic mass is 16.6. The second-order valence-corrected chi connectivity index (χ2v) is 2.40. The molecule has 9 heavy (non-hydrogen) atoms. The number of hydrogen-bond donors (Lipinski definition) is 0.